The maximum Gasteiger partial charge on any atom is 0.418 e. The summed E-state index contributed by atoms with van der Waals surface area (Å²) in [4.78, 5) is 4.10. The number of benzene rings is 1. The van der Waals surface area contributed by atoms with Crippen molar-refractivity contribution in [3.05, 3.63) is 17.2 Å². The SMILES string of the molecule is CC1(C)Nc2c3c(cc(C(F)(F)F)c2N=C1NN)OCC3. The van der Waals surface area contributed by atoms with Gasteiger partial charge in [-0.25, -0.2) is 10.8 Å². The number of alkyl halides is 3. The largest absolute Gasteiger partial charge is 0.493 e. The quantitative estimate of drug-likeness (QED) is 0.508. The van der Waals surface area contributed by atoms with Crippen LogP contribution in [0.1, 0.15) is 25.0 Å². The maximum atomic E-state index is 13.3. The van der Waals surface area contributed by atoms with Gasteiger partial charge in [-0.15, -0.1) is 0 Å². The zero-order valence-electron chi connectivity index (χ0n) is 11.6. The minimum Gasteiger partial charge on any atom is -0.493 e. The van der Waals surface area contributed by atoms with Gasteiger partial charge in [-0.1, -0.05) is 0 Å². The van der Waals surface area contributed by atoms with Crippen LogP contribution in [-0.4, -0.2) is 18.0 Å². The van der Waals surface area contributed by atoms with Crippen LogP contribution < -0.4 is 21.3 Å². The molecule has 2 aliphatic heterocycles. The third-order valence-electron chi connectivity index (χ3n) is 3.67. The van der Waals surface area contributed by atoms with Crippen molar-refractivity contribution in [1.82, 2.24) is 5.43 Å². The van der Waals surface area contributed by atoms with Crippen molar-refractivity contribution in [2.45, 2.75) is 32.0 Å². The number of fused-ring (bicyclic) bond motifs is 3. The lowest BCUT2D eigenvalue weighted by Gasteiger charge is -2.35. The van der Waals surface area contributed by atoms with Crippen molar-refractivity contribution in [2.75, 3.05) is 11.9 Å². The van der Waals surface area contributed by atoms with E-state index in [1.54, 1.807) is 13.8 Å². The summed E-state index contributed by atoms with van der Waals surface area (Å²) in [5.41, 5.74) is 1.82. The summed E-state index contributed by atoms with van der Waals surface area (Å²) in [7, 11) is 0. The summed E-state index contributed by atoms with van der Waals surface area (Å²) < 4.78 is 45.1. The average molecular weight is 300 g/mol. The van der Waals surface area contributed by atoms with E-state index in [2.05, 4.69) is 15.7 Å². The summed E-state index contributed by atoms with van der Waals surface area (Å²) in [5, 5.41) is 3.10. The molecule has 3 rings (SSSR count). The number of hydrogen-bond donors (Lipinski definition) is 3. The fourth-order valence-electron chi connectivity index (χ4n) is 2.63. The molecule has 0 aliphatic carbocycles. The predicted molar refractivity (Wildman–Crippen MR) is 72.8 cm³/mol. The molecule has 0 spiro atoms. The standard InChI is InChI=1S/C13H15F3N4O/c1-12(2)11(20-17)18-10-7(13(14,15)16)5-8-6(3-4-21-8)9(10)19-12/h5,19H,3-4,17H2,1-2H3,(H,18,20). The molecule has 8 heteroatoms. The van der Waals surface area contributed by atoms with Gasteiger partial charge < -0.3 is 15.5 Å². The second-order valence-corrected chi connectivity index (χ2v) is 5.58. The minimum absolute atomic E-state index is 0.140. The Hall–Kier alpha value is -1.96. The number of rotatable bonds is 0. The topological polar surface area (TPSA) is 71.7 Å². The van der Waals surface area contributed by atoms with E-state index in [9.17, 15) is 13.2 Å². The number of ether oxygens (including phenoxy) is 1. The summed E-state index contributed by atoms with van der Waals surface area (Å²) in [6.07, 6.45) is -3.96. The Morgan fingerprint density at radius 1 is 1.43 bits per heavy atom. The second-order valence-electron chi connectivity index (χ2n) is 5.58. The molecule has 2 aliphatic rings. The third-order valence-corrected chi connectivity index (χ3v) is 3.67. The first-order chi connectivity index (χ1) is 9.74. The molecule has 0 aromatic heterocycles. The molecule has 4 N–H and O–H groups in total. The Balaban J connectivity index is 2.29. The highest BCUT2D eigenvalue weighted by Crippen LogP contribution is 2.50. The van der Waals surface area contributed by atoms with Gasteiger partial charge in [0, 0.05) is 12.0 Å². The predicted octanol–water partition coefficient (Wildman–Crippen LogP) is 2.34. The van der Waals surface area contributed by atoms with Crippen molar-refractivity contribution in [1.29, 1.82) is 0 Å². The Labute approximate surface area is 119 Å². The Morgan fingerprint density at radius 3 is 2.76 bits per heavy atom. The summed E-state index contributed by atoms with van der Waals surface area (Å²) in [6.45, 7) is 3.95. The van der Waals surface area contributed by atoms with Crippen LogP contribution in [-0.2, 0) is 12.6 Å². The van der Waals surface area contributed by atoms with Gasteiger partial charge in [-0.3, -0.25) is 0 Å². The van der Waals surface area contributed by atoms with Crippen LogP contribution in [0.5, 0.6) is 5.75 Å². The first-order valence-corrected chi connectivity index (χ1v) is 6.48. The normalized spacial score (nSPS) is 19.0. The molecule has 0 saturated heterocycles. The van der Waals surface area contributed by atoms with Crippen LogP contribution in [0, 0.1) is 0 Å². The van der Waals surface area contributed by atoms with E-state index in [1.807, 2.05) is 0 Å². The molecule has 0 atom stereocenters. The summed E-state index contributed by atoms with van der Waals surface area (Å²) in [6, 6.07) is 1.01. The minimum atomic E-state index is -4.52. The second kappa shape index (κ2) is 4.27. The van der Waals surface area contributed by atoms with Gasteiger partial charge >= 0.3 is 6.18 Å². The molecule has 0 unspecified atom stereocenters. The molecule has 0 saturated carbocycles. The number of nitrogens with one attached hydrogen (secondary N) is 2. The molecule has 0 bridgehead atoms. The Morgan fingerprint density at radius 2 is 2.14 bits per heavy atom. The van der Waals surface area contributed by atoms with E-state index in [0.717, 1.165) is 11.6 Å². The van der Waals surface area contributed by atoms with Crippen LogP contribution in [0.25, 0.3) is 0 Å². The van der Waals surface area contributed by atoms with Gasteiger partial charge in [0.2, 0.25) is 0 Å². The number of anilines is 1. The molecular formula is C13H15F3N4O. The Bertz CT molecular complexity index is 637. The maximum absolute atomic E-state index is 13.3. The number of amidine groups is 1. The van der Waals surface area contributed by atoms with E-state index < -0.39 is 17.3 Å². The highest BCUT2D eigenvalue weighted by Gasteiger charge is 2.41. The monoisotopic (exact) mass is 300 g/mol. The van der Waals surface area contributed by atoms with E-state index >= 15 is 0 Å². The van der Waals surface area contributed by atoms with Gasteiger partial charge in [-0.05, 0) is 19.9 Å². The van der Waals surface area contributed by atoms with Gasteiger partial charge in [0.25, 0.3) is 0 Å². The van der Waals surface area contributed by atoms with Gasteiger partial charge in [-0.2, -0.15) is 13.2 Å². The average Bonchev–Trinajstić information content (AvgIpc) is 2.83. The van der Waals surface area contributed by atoms with Gasteiger partial charge in [0.15, 0.2) is 0 Å². The van der Waals surface area contributed by atoms with E-state index in [1.165, 1.54) is 0 Å². The molecule has 5 nitrogen and oxygen atoms in total. The van der Waals surface area contributed by atoms with Gasteiger partial charge in [0.1, 0.15) is 17.3 Å². The molecule has 0 radical (unpaired) electrons. The molecule has 1 aromatic rings. The molecule has 0 amide bonds. The fraction of sp³-hybridized carbons (Fsp3) is 0.462. The number of nitrogens with zero attached hydrogens (tertiary/aromatic N) is 1. The molecule has 21 heavy (non-hydrogen) atoms. The third kappa shape index (κ3) is 2.10. The fourth-order valence-corrected chi connectivity index (χ4v) is 2.63. The number of halogens is 3. The lowest BCUT2D eigenvalue weighted by Crippen LogP contribution is -2.52. The van der Waals surface area contributed by atoms with Crippen molar-refractivity contribution in [3.8, 4) is 5.75 Å². The lowest BCUT2D eigenvalue weighted by atomic mass is 9.95. The van der Waals surface area contributed by atoms with Crippen molar-refractivity contribution < 1.29 is 17.9 Å². The summed E-state index contributed by atoms with van der Waals surface area (Å²) >= 11 is 0. The van der Waals surface area contributed by atoms with Crippen LogP contribution >= 0.6 is 0 Å². The van der Waals surface area contributed by atoms with Crippen LogP contribution in [0.15, 0.2) is 11.1 Å². The van der Waals surface area contributed by atoms with Crippen molar-refractivity contribution in [3.63, 3.8) is 0 Å². The Kier molecular flexibility index (Phi) is 2.84. The number of hydrogen-bond acceptors (Lipinski definition) is 5. The molecule has 114 valence electrons. The molecule has 1 aromatic carbocycles. The van der Waals surface area contributed by atoms with Crippen molar-refractivity contribution in [2.24, 2.45) is 10.8 Å². The van der Waals surface area contributed by atoms with E-state index in [-0.39, 0.29) is 17.3 Å². The first kappa shape index (κ1) is 14.0. The highest BCUT2D eigenvalue weighted by molar-refractivity contribution is 6.01. The smallest absolute Gasteiger partial charge is 0.418 e. The summed E-state index contributed by atoms with van der Waals surface area (Å²) in [5.74, 6) is 5.90. The highest BCUT2D eigenvalue weighted by atomic mass is 19.4. The first-order valence-electron chi connectivity index (χ1n) is 6.48. The molecular weight excluding hydrogens is 285 g/mol. The van der Waals surface area contributed by atoms with E-state index in [4.69, 9.17) is 10.6 Å². The molecule has 0 fully saturated rings. The van der Waals surface area contributed by atoms with Gasteiger partial charge in [0.05, 0.1) is 23.4 Å². The lowest BCUT2D eigenvalue weighted by molar-refractivity contribution is -0.137. The zero-order chi connectivity index (χ0) is 15.4. The van der Waals surface area contributed by atoms with Crippen molar-refractivity contribution >= 4 is 17.2 Å². The van der Waals surface area contributed by atoms with Crippen LogP contribution in [0.2, 0.25) is 0 Å². The van der Waals surface area contributed by atoms with Crippen LogP contribution in [0.3, 0.4) is 0 Å². The molecule has 2 heterocycles. The zero-order valence-corrected chi connectivity index (χ0v) is 11.6. The van der Waals surface area contributed by atoms with E-state index in [0.29, 0.717) is 18.7 Å². The van der Waals surface area contributed by atoms with Crippen LogP contribution in [0.4, 0.5) is 24.5 Å². The number of aliphatic imine (C=N–C) groups is 1. The number of hydrazine groups is 1. The number of nitrogens with two attached hydrogens (primary N) is 1.